The zero-order valence-electron chi connectivity index (χ0n) is 18.6. The molecule has 168 valence electrons. The Kier molecular flexibility index (Phi) is 8.35. The molecule has 3 rings (SSSR count). The standard InChI is InChI=1S/C24H32N2O4S/c1-4-5-6-9-23(27)26(18(2)3)16-24(28)25(15-20-8-7-12-31-20)14-19-10-11-21-22(13-19)30-17-29-21/h7-8,10-13,18H,4-6,9,14-17H2,1-3H3. The topological polar surface area (TPSA) is 59.1 Å². The first-order chi connectivity index (χ1) is 15.0. The van der Waals surface area contributed by atoms with Crippen LogP contribution in [0.4, 0.5) is 0 Å². The van der Waals surface area contributed by atoms with E-state index in [2.05, 4.69) is 6.92 Å². The molecule has 31 heavy (non-hydrogen) atoms. The van der Waals surface area contributed by atoms with Gasteiger partial charge in [-0.1, -0.05) is 31.9 Å². The summed E-state index contributed by atoms with van der Waals surface area (Å²) in [7, 11) is 0. The minimum Gasteiger partial charge on any atom is -0.454 e. The zero-order chi connectivity index (χ0) is 22.2. The molecule has 2 aromatic rings. The van der Waals surface area contributed by atoms with Crippen molar-refractivity contribution < 1.29 is 19.1 Å². The van der Waals surface area contributed by atoms with E-state index in [0.29, 0.717) is 25.3 Å². The van der Waals surface area contributed by atoms with Crippen LogP contribution in [0.15, 0.2) is 35.7 Å². The summed E-state index contributed by atoms with van der Waals surface area (Å²) in [6.07, 6.45) is 3.45. The molecule has 6 nitrogen and oxygen atoms in total. The highest BCUT2D eigenvalue weighted by Crippen LogP contribution is 2.33. The summed E-state index contributed by atoms with van der Waals surface area (Å²) < 4.78 is 10.9. The number of thiophene rings is 1. The lowest BCUT2D eigenvalue weighted by Crippen LogP contribution is -2.45. The third kappa shape index (κ3) is 6.47. The van der Waals surface area contributed by atoms with Crippen molar-refractivity contribution in [3.8, 4) is 11.5 Å². The van der Waals surface area contributed by atoms with E-state index in [9.17, 15) is 9.59 Å². The van der Waals surface area contributed by atoms with Crippen LogP contribution in [0.3, 0.4) is 0 Å². The molecule has 0 unspecified atom stereocenters. The van der Waals surface area contributed by atoms with Crippen LogP contribution in [0.2, 0.25) is 0 Å². The number of hydrogen-bond donors (Lipinski definition) is 0. The van der Waals surface area contributed by atoms with Crippen molar-refractivity contribution in [2.24, 2.45) is 0 Å². The highest BCUT2D eigenvalue weighted by Gasteiger charge is 2.24. The number of amides is 2. The average molecular weight is 445 g/mol. The molecule has 2 amide bonds. The molecule has 7 heteroatoms. The maximum Gasteiger partial charge on any atom is 0.242 e. The Labute approximate surface area is 188 Å². The van der Waals surface area contributed by atoms with E-state index in [1.54, 1.807) is 16.2 Å². The Hall–Kier alpha value is -2.54. The predicted molar refractivity (Wildman–Crippen MR) is 122 cm³/mol. The first kappa shape index (κ1) is 23.1. The van der Waals surface area contributed by atoms with Gasteiger partial charge < -0.3 is 19.3 Å². The van der Waals surface area contributed by atoms with Gasteiger partial charge in [0.1, 0.15) is 0 Å². The second-order valence-corrected chi connectivity index (χ2v) is 9.12. The van der Waals surface area contributed by atoms with Gasteiger partial charge >= 0.3 is 0 Å². The Morgan fingerprint density at radius 2 is 1.87 bits per heavy atom. The van der Waals surface area contributed by atoms with Gasteiger partial charge in [0, 0.05) is 23.9 Å². The summed E-state index contributed by atoms with van der Waals surface area (Å²) in [4.78, 5) is 30.7. The first-order valence-corrected chi connectivity index (χ1v) is 11.8. The van der Waals surface area contributed by atoms with Crippen LogP contribution in [0.5, 0.6) is 11.5 Å². The van der Waals surface area contributed by atoms with Crippen LogP contribution in [-0.2, 0) is 22.7 Å². The number of carbonyl (C=O) groups excluding carboxylic acids is 2. The molecule has 1 aromatic heterocycles. The summed E-state index contributed by atoms with van der Waals surface area (Å²) in [5.41, 5.74) is 0.972. The van der Waals surface area contributed by atoms with Crippen molar-refractivity contribution in [3.63, 3.8) is 0 Å². The largest absolute Gasteiger partial charge is 0.454 e. The number of carbonyl (C=O) groups is 2. The van der Waals surface area contributed by atoms with Crippen LogP contribution in [0.1, 0.15) is 56.9 Å². The van der Waals surface area contributed by atoms with Crippen molar-refractivity contribution >= 4 is 23.2 Å². The summed E-state index contributed by atoms with van der Waals surface area (Å²) >= 11 is 1.63. The number of nitrogens with zero attached hydrogens (tertiary/aromatic N) is 2. The maximum atomic E-state index is 13.3. The SMILES string of the molecule is CCCCCC(=O)N(CC(=O)N(Cc1ccc2c(c1)OCO2)Cc1cccs1)C(C)C. The quantitative estimate of drug-likeness (QED) is 0.466. The van der Waals surface area contributed by atoms with E-state index >= 15 is 0 Å². The lowest BCUT2D eigenvalue weighted by molar-refractivity contribution is -0.142. The Balaban J connectivity index is 1.72. The van der Waals surface area contributed by atoms with Crippen molar-refractivity contribution in [2.75, 3.05) is 13.3 Å². The molecule has 0 N–H and O–H groups in total. The smallest absolute Gasteiger partial charge is 0.242 e. The van der Waals surface area contributed by atoms with Crippen LogP contribution in [0.25, 0.3) is 0 Å². The molecule has 0 fully saturated rings. The van der Waals surface area contributed by atoms with E-state index in [1.807, 2.05) is 54.5 Å². The van der Waals surface area contributed by atoms with Gasteiger partial charge in [0.25, 0.3) is 0 Å². The van der Waals surface area contributed by atoms with E-state index in [0.717, 1.165) is 35.5 Å². The minimum absolute atomic E-state index is 0.0211. The van der Waals surface area contributed by atoms with Gasteiger partial charge in [-0.3, -0.25) is 9.59 Å². The van der Waals surface area contributed by atoms with Gasteiger partial charge in [-0.05, 0) is 49.4 Å². The summed E-state index contributed by atoms with van der Waals surface area (Å²) in [5.74, 6) is 1.43. The van der Waals surface area contributed by atoms with Gasteiger partial charge in [-0.15, -0.1) is 11.3 Å². The molecular formula is C24H32N2O4S. The molecule has 0 saturated heterocycles. The Bertz CT molecular complexity index is 866. The van der Waals surface area contributed by atoms with Crippen molar-refractivity contribution in [2.45, 2.75) is 65.6 Å². The van der Waals surface area contributed by atoms with Crippen LogP contribution in [0, 0.1) is 0 Å². The molecule has 1 aromatic carbocycles. The van der Waals surface area contributed by atoms with Crippen molar-refractivity contribution in [1.29, 1.82) is 0 Å². The van der Waals surface area contributed by atoms with E-state index in [1.165, 1.54) is 0 Å². The molecule has 0 atom stereocenters. The van der Waals surface area contributed by atoms with Crippen LogP contribution >= 0.6 is 11.3 Å². The molecule has 0 spiro atoms. The number of unbranched alkanes of at least 4 members (excludes halogenated alkanes) is 2. The fourth-order valence-corrected chi connectivity index (χ4v) is 4.28. The zero-order valence-corrected chi connectivity index (χ0v) is 19.5. The lowest BCUT2D eigenvalue weighted by atomic mass is 10.1. The van der Waals surface area contributed by atoms with E-state index in [-0.39, 0.29) is 31.2 Å². The maximum absolute atomic E-state index is 13.3. The fourth-order valence-electron chi connectivity index (χ4n) is 3.56. The van der Waals surface area contributed by atoms with E-state index in [4.69, 9.17) is 9.47 Å². The highest BCUT2D eigenvalue weighted by atomic mass is 32.1. The summed E-state index contributed by atoms with van der Waals surface area (Å²) in [5, 5.41) is 2.01. The van der Waals surface area contributed by atoms with Crippen molar-refractivity contribution in [1.82, 2.24) is 9.80 Å². The second-order valence-electron chi connectivity index (χ2n) is 8.09. The Morgan fingerprint density at radius 1 is 1.06 bits per heavy atom. The molecule has 0 bridgehead atoms. The highest BCUT2D eigenvalue weighted by molar-refractivity contribution is 7.09. The van der Waals surface area contributed by atoms with Crippen LogP contribution < -0.4 is 9.47 Å². The second kappa shape index (κ2) is 11.2. The molecule has 0 saturated carbocycles. The lowest BCUT2D eigenvalue weighted by Gasteiger charge is -2.30. The van der Waals surface area contributed by atoms with Crippen LogP contribution in [-0.4, -0.2) is 41.0 Å². The summed E-state index contributed by atoms with van der Waals surface area (Å²) in [6, 6.07) is 9.75. The molecule has 0 aliphatic carbocycles. The molecule has 0 radical (unpaired) electrons. The van der Waals surface area contributed by atoms with Crippen molar-refractivity contribution in [3.05, 3.63) is 46.2 Å². The third-order valence-corrected chi connectivity index (χ3v) is 6.19. The number of rotatable bonds is 11. The number of ether oxygens (including phenoxy) is 2. The number of fused-ring (bicyclic) bond motifs is 1. The third-order valence-electron chi connectivity index (χ3n) is 5.33. The number of benzene rings is 1. The molecule has 1 aliphatic heterocycles. The Morgan fingerprint density at radius 3 is 2.58 bits per heavy atom. The van der Waals surface area contributed by atoms with Gasteiger partial charge in [0.05, 0.1) is 13.1 Å². The van der Waals surface area contributed by atoms with Gasteiger partial charge in [-0.25, -0.2) is 0 Å². The number of hydrogen-bond acceptors (Lipinski definition) is 5. The fraction of sp³-hybridized carbons (Fsp3) is 0.500. The summed E-state index contributed by atoms with van der Waals surface area (Å²) in [6.45, 7) is 7.33. The predicted octanol–water partition coefficient (Wildman–Crippen LogP) is 4.82. The van der Waals surface area contributed by atoms with Gasteiger partial charge in [0.15, 0.2) is 11.5 Å². The monoisotopic (exact) mass is 444 g/mol. The molecule has 1 aliphatic rings. The van der Waals surface area contributed by atoms with Gasteiger partial charge in [-0.2, -0.15) is 0 Å². The van der Waals surface area contributed by atoms with E-state index < -0.39 is 0 Å². The molecular weight excluding hydrogens is 412 g/mol. The minimum atomic E-state index is -0.0522. The normalized spacial score (nSPS) is 12.3. The van der Waals surface area contributed by atoms with Gasteiger partial charge in [0.2, 0.25) is 18.6 Å². The first-order valence-electron chi connectivity index (χ1n) is 11.0. The average Bonchev–Trinajstić information content (AvgIpc) is 3.42. The molecule has 2 heterocycles.